The molecule has 2 heterocycles. The van der Waals surface area contributed by atoms with Crippen LogP contribution in [0.4, 0.5) is 0 Å². The predicted molar refractivity (Wildman–Crippen MR) is 51.8 cm³/mol. The molecule has 2 rings (SSSR count). The summed E-state index contributed by atoms with van der Waals surface area (Å²) in [6.45, 7) is 1.52. The summed E-state index contributed by atoms with van der Waals surface area (Å²) in [5.74, 6) is 0. The first-order valence-electron chi connectivity index (χ1n) is 4.14. The number of hydrogen-bond acceptors (Lipinski definition) is 5. The average Bonchev–Trinajstić information content (AvgIpc) is 2.85. The Morgan fingerprint density at radius 3 is 2.93 bits per heavy atom. The van der Waals surface area contributed by atoms with Crippen molar-refractivity contribution in [2.24, 2.45) is 0 Å². The number of nitrogens with zero attached hydrogens (tertiary/aromatic N) is 6. The van der Waals surface area contributed by atoms with Crippen LogP contribution in [0, 0.1) is 0 Å². The first-order valence-corrected chi connectivity index (χ1v) is 5.37. The molecule has 14 heavy (non-hydrogen) atoms. The second kappa shape index (κ2) is 4.23. The van der Waals surface area contributed by atoms with Crippen LogP contribution in [0.15, 0.2) is 24.1 Å². The Morgan fingerprint density at radius 1 is 1.29 bits per heavy atom. The molecule has 0 saturated heterocycles. The number of hydrogen-bond donors (Lipinski definition) is 0. The number of aromatic nitrogens is 6. The van der Waals surface area contributed by atoms with Gasteiger partial charge in [0.05, 0.1) is 13.1 Å². The smallest absolute Gasteiger partial charge is 0.185 e. The summed E-state index contributed by atoms with van der Waals surface area (Å²) in [4.78, 5) is 7.97. The monoisotopic (exact) mass is 210 g/mol. The molecule has 7 heteroatoms. The van der Waals surface area contributed by atoms with E-state index in [2.05, 4.69) is 20.2 Å². The van der Waals surface area contributed by atoms with E-state index in [0.717, 1.165) is 18.2 Å². The highest BCUT2D eigenvalue weighted by molar-refractivity contribution is 7.98. The maximum Gasteiger partial charge on any atom is 0.185 e. The molecule has 0 N–H and O–H groups in total. The van der Waals surface area contributed by atoms with E-state index >= 15 is 0 Å². The van der Waals surface area contributed by atoms with E-state index in [1.165, 1.54) is 6.33 Å². The fourth-order valence-corrected chi connectivity index (χ4v) is 1.61. The minimum Gasteiger partial charge on any atom is -0.251 e. The molecule has 0 aliphatic heterocycles. The van der Waals surface area contributed by atoms with E-state index in [-0.39, 0.29) is 0 Å². The molecule has 0 unspecified atom stereocenters. The first kappa shape index (κ1) is 9.20. The molecule has 0 atom stereocenters. The molecular weight excluding hydrogens is 200 g/mol. The van der Waals surface area contributed by atoms with Gasteiger partial charge in [-0.1, -0.05) is 11.8 Å². The Morgan fingerprint density at radius 2 is 2.21 bits per heavy atom. The molecule has 0 aromatic carbocycles. The van der Waals surface area contributed by atoms with Gasteiger partial charge in [-0.3, -0.25) is 4.68 Å². The summed E-state index contributed by atoms with van der Waals surface area (Å²) in [6.07, 6.45) is 6.76. The number of rotatable bonds is 4. The standard InChI is InChI=1S/C7H10N6S/c1-14-7-9-5-11-13(7)3-2-12-6-8-4-10-12/h4-6H,2-3H2,1H3. The van der Waals surface area contributed by atoms with Crippen LogP contribution < -0.4 is 0 Å². The van der Waals surface area contributed by atoms with Gasteiger partial charge in [-0.25, -0.2) is 14.6 Å². The molecule has 2 aromatic rings. The fraction of sp³-hybridized carbons (Fsp3) is 0.429. The highest BCUT2D eigenvalue weighted by Crippen LogP contribution is 2.08. The van der Waals surface area contributed by atoms with E-state index in [1.807, 2.05) is 10.9 Å². The Labute approximate surface area is 85.4 Å². The molecule has 0 bridgehead atoms. The second-order valence-electron chi connectivity index (χ2n) is 2.63. The molecule has 0 aliphatic carbocycles. The van der Waals surface area contributed by atoms with Crippen LogP contribution in [0.3, 0.4) is 0 Å². The highest BCUT2D eigenvalue weighted by Gasteiger charge is 2.01. The van der Waals surface area contributed by atoms with Crippen LogP contribution in [0.5, 0.6) is 0 Å². The van der Waals surface area contributed by atoms with Gasteiger partial charge in [-0.15, -0.1) is 0 Å². The zero-order chi connectivity index (χ0) is 9.80. The van der Waals surface area contributed by atoms with Crippen molar-refractivity contribution in [1.29, 1.82) is 0 Å². The minimum atomic E-state index is 0.761. The average molecular weight is 210 g/mol. The van der Waals surface area contributed by atoms with Crippen LogP contribution in [-0.2, 0) is 13.1 Å². The van der Waals surface area contributed by atoms with Crippen LogP contribution in [-0.4, -0.2) is 35.8 Å². The fourth-order valence-electron chi connectivity index (χ4n) is 1.11. The SMILES string of the molecule is CSc1ncnn1CCn1cncn1. The topological polar surface area (TPSA) is 61.4 Å². The van der Waals surface area contributed by atoms with Crippen molar-refractivity contribution in [3.05, 3.63) is 19.0 Å². The molecule has 0 amide bonds. The Bertz CT molecular complexity index is 381. The third-order valence-electron chi connectivity index (χ3n) is 1.77. The van der Waals surface area contributed by atoms with Crippen LogP contribution >= 0.6 is 11.8 Å². The minimum absolute atomic E-state index is 0.761. The molecule has 0 fully saturated rings. The van der Waals surface area contributed by atoms with E-state index < -0.39 is 0 Å². The quantitative estimate of drug-likeness (QED) is 0.679. The normalized spacial score (nSPS) is 10.6. The molecule has 6 nitrogen and oxygen atoms in total. The van der Waals surface area contributed by atoms with Gasteiger partial charge in [0.2, 0.25) is 0 Å². The summed E-state index contributed by atoms with van der Waals surface area (Å²) >= 11 is 1.58. The summed E-state index contributed by atoms with van der Waals surface area (Å²) < 4.78 is 3.62. The largest absolute Gasteiger partial charge is 0.251 e. The zero-order valence-electron chi connectivity index (χ0n) is 7.74. The third-order valence-corrected chi connectivity index (χ3v) is 2.45. The van der Waals surface area contributed by atoms with Gasteiger partial charge in [0.25, 0.3) is 0 Å². The summed E-state index contributed by atoms with van der Waals surface area (Å²) in [7, 11) is 0. The highest BCUT2D eigenvalue weighted by atomic mass is 32.2. The van der Waals surface area contributed by atoms with E-state index in [4.69, 9.17) is 0 Å². The third kappa shape index (κ3) is 1.92. The van der Waals surface area contributed by atoms with E-state index in [1.54, 1.807) is 29.1 Å². The van der Waals surface area contributed by atoms with Crippen molar-refractivity contribution < 1.29 is 0 Å². The Kier molecular flexibility index (Phi) is 2.78. The maximum absolute atomic E-state index is 4.11. The van der Waals surface area contributed by atoms with Crippen LogP contribution in [0.2, 0.25) is 0 Å². The van der Waals surface area contributed by atoms with Crippen molar-refractivity contribution >= 4 is 11.8 Å². The number of aryl methyl sites for hydroxylation is 2. The van der Waals surface area contributed by atoms with E-state index in [9.17, 15) is 0 Å². The predicted octanol–water partition coefficient (Wildman–Crippen LogP) is 0.292. The lowest BCUT2D eigenvalue weighted by Gasteiger charge is -2.03. The van der Waals surface area contributed by atoms with E-state index in [0.29, 0.717) is 0 Å². The van der Waals surface area contributed by atoms with Gasteiger partial charge in [0.15, 0.2) is 5.16 Å². The Hall–Kier alpha value is -1.37. The molecule has 0 spiro atoms. The van der Waals surface area contributed by atoms with Crippen molar-refractivity contribution in [3.8, 4) is 0 Å². The van der Waals surface area contributed by atoms with Crippen LogP contribution in [0.25, 0.3) is 0 Å². The van der Waals surface area contributed by atoms with Gasteiger partial charge in [0.1, 0.15) is 19.0 Å². The lowest BCUT2D eigenvalue weighted by molar-refractivity contribution is 0.471. The van der Waals surface area contributed by atoms with Gasteiger partial charge in [-0.05, 0) is 6.26 Å². The van der Waals surface area contributed by atoms with Crippen molar-refractivity contribution in [3.63, 3.8) is 0 Å². The summed E-state index contributed by atoms with van der Waals surface area (Å²) in [5, 5.41) is 9.04. The zero-order valence-corrected chi connectivity index (χ0v) is 8.55. The van der Waals surface area contributed by atoms with Gasteiger partial charge in [0, 0.05) is 0 Å². The van der Waals surface area contributed by atoms with Gasteiger partial charge < -0.3 is 0 Å². The summed E-state index contributed by atoms with van der Waals surface area (Å²) in [5.41, 5.74) is 0. The first-order chi connectivity index (χ1) is 6.90. The maximum atomic E-state index is 4.11. The van der Waals surface area contributed by atoms with Gasteiger partial charge in [-0.2, -0.15) is 10.2 Å². The van der Waals surface area contributed by atoms with Gasteiger partial charge >= 0.3 is 0 Å². The molecule has 0 aliphatic rings. The molecule has 0 radical (unpaired) electrons. The number of thioether (sulfide) groups is 1. The molecule has 0 saturated carbocycles. The molecule has 74 valence electrons. The van der Waals surface area contributed by atoms with Crippen molar-refractivity contribution in [2.45, 2.75) is 18.2 Å². The van der Waals surface area contributed by atoms with Crippen molar-refractivity contribution in [1.82, 2.24) is 29.5 Å². The summed E-state index contributed by atoms with van der Waals surface area (Å²) in [6, 6.07) is 0. The lowest BCUT2D eigenvalue weighted by Crippen LogP contribution is -2.09. The second-order valence-corrected chi connectivity index (χ2v) is 3.40. The van der Waals surface area contributed by atoms with Crippen molar-refractivity contribution in [2.75, 3.05) is 6.26 Å². The Balaban J connectivity index is 1.98. The molecule has 2 aromatic heterocycles. The van der Waals surface area contributed by atoms with Crippen LogP contribution in [0.1, 0.15) is 0 Å². The lowest BCUT2D eigenvalue weighted by atomic mass is 10.6. The molecular formula is C7H10N6S.